The van der Waals surface area contributed by atoms with E-state index in [1.54, 1.807) is 0 Å². The average Bonchev–Trinajstić information content (AvgIpc) is 2.46. The number of rotatable bonds is 5. The molecular weight excluding hydrogens is 256 g/mol. The molecule has 0 N–H and O–H groups in total. The summed E-state index contributed by atoms with van der Waals surface area (Å²) in [5.41, 5.74) is 4.70. The maximum absolute atomic E-state index is 6.07. The van der Waals surface area contributed by atoms with E-state index in [0.717, 1.165) is 18.8 Å². The van der Waals surface area contributed by atoms with Crippen molar-refractivity contribution in [3.05, 3.63) is 59.4 Å². The van der Waals surface area contributed by atoms with Crippen LogP contribution in [0.25, 0.3) is 0 Å². The molecule has 2 rings (SSSR count). The largest absolute Gasteiger partial charge is 0.366 e. The van der Waals surface area contributed by atoms with Gasteiger partial charge in [0.25, 0.3) is 0 Å². The first kappa shape index (κ1) is 13.9. The second-order valence-corrected chi connectivity index (χ2v) is 4.87. The van der Waals surface area contributed by atoms with Crippen LogP contribution in [0.3, 0.4) is 0 Å². The quantitative estimate of drug-likeness (QED) is 0.761. The minimum absolute atomic E-state index is 0.537. The summed E-state index contributed by atoms with van der Waals surface area (Å²) in [4.78, 5) is 6.70. The van der Waals surface area contributed by atoms with Gasteiger partial charge in [0.2, 0.25) is 0 Å². The molecular formula is C16H19ClN2. The molecule has 100 valence electrons. The Morgan fingerprint density at radius 2 is 2.05 bits per heavy atom. The lowest BCUT2D eigenvalue weighted by molar-refractivity contribution is 0.805. The van der Waals surface area contributed by atoms with E-state index in [1.165, 1.54) is 16.8 Å². The number of hydrogen-bond donors (Lipinski definition) is 0. The van der Waals surface area contributed by atoms with Gasteiger partial charge >= 0.3 is 0 Å². The molecule has 0 aliphatic carbocycles. The van der Waals surface area contributed by atoms with Gasteiger partial charge in [-0.2, -0.15) is 0 Å². The fourth-order valence-electron chi connectivity index (χ4n) is 2.18. The predicted molar refractivity (Wildman–Crippen MR) is 81.7 cm³/mol. The summed E-state index contributed by atoms with van der Waals surface area (Å²) in [6, 6.07) is 12.5. The van der Waals surface area contributed by atoms with Crippen LogP contribution in [0.5, 0.6) is 0 Å². The first-order chi connectivity index (χ1) is 9.24. The molecule has 2 nitrogen and oxygen atoms in total. The van der Waals surface area contributed by atoms with Crippen LogP contribution in [0, 0.1) is 6.92 Å². The molecule has 0 amide bonds. The summed E-state index contributed by atoms with van der Waals surface area (Å²) in [5, 5.41) is 0. The molecule has 0 radical (unpaired) electrons. The second-order valence-electron chi connectivity index (χ2n) is 4.60. The van der Waals surface area contributed by atoms with Gasteiger partial charge in [0.15, 0.2) is 0 Å². The van der Waals surface area contributed by atoms with Gasteiger partial charge in [-0.25, -0.2) is 0 Å². The van der Waals surface area contributed by atoms with E-state index in [-0.39, 0.29) is 0 Å². The second kappa shape index (κ2) is 6.58. The van der Waals surface area contributed by atoms with E-state index in [4.69, 9.17) is 11.6 Å². The maximum Gasteiger partial charge on any atom is 0.0602 e. The third kappa shape index (κ3) is 3.48. The van der Waals surface area contributed by atoms with Gasteiger partial charge in [-0.3, -0.25) is 4.98 Å². The summed E-state index contributed by atoms with van der Waals surface area (Å²) in [6.45, 7) is 5.99. The first-order valence-electron chi connectivity index (χ1n) is 6.55. The molecule has 3 heteroatoms. The monoisotopic (exact) mass is 274 g/mol. The number of pyridine rings is 1. The van der Waals surface area contributed by atoms with E-state index < -0.39 is 0 Å². The molecule has 0 bridgehead atoms. The summed E-state index contributed by atoms with van der Waals surface area (Å²) < 4.78 is 0. The van der Waals surface area contributed by atoms with Crippen molar-refractivity contribution in [1.82, 2.24) is 4.98 Å². The average molecular weight is 275 g/mol. The number of nitrogens with zero attached hydrogens (tertiary/aromatic N) is 2. The molecule has 1 aromatic carbocycles. The zero-order valence-electron chi connectivity index (χ0n) is 11.4. The highest BCUT2D eigenvalue weighted by Gasteiger charge is 2.10. The van der Waals surface area contributed by atoms with Gasteiger partial charge < -0.3 is 4.90 Å². The highest BCUT2D eigenvalue weighted by molar-refractivity contribution is 6.17. The molecule has 0 saturated heterocycles. The minimum atomic E-state index is 0.537. The van der Waals surface area contributed by atoms with Crippen LogP contribution in [-0.2, 0) is 12.4 Å². The number of alkyl halides is 1. The van der Waals surface area contributed by atoms with Crippen molar-refractivity contribution in [1.29, 1.82) is 0 Å². The fraction of sp³-hybridized carbons (Fsp3) is 0.312. The predicted octanol–water partition coefficient (Wildman–Crippen LogP) is 4.16. The number of benzene rings is 1. The summed E-state index contributed by atoms with van der Waals surface area (Å²) in [5.74, 6) is 0.537. The Labute approximate surface area is 120 Å². The Morgan fingerprint density at radius 1 is 1.21 bits per heavy atom. The Balaban J connectivity index is 2.27. The van der Waals surface area contributed by atoms with Crippen molar-refractivity contribution in [3.63, 3.8) is 0 Å². The third-order valence-electron chi connectivity index (χ3n) is 3.18. The lowest BCUT2D eigenvalue weighted by Crippen LogP contribution is -2.23. The highest BCUT2D eigenvalue weighted by atomic mass is 35.5. The Bertz CT molecular complexity index is 526. The van der Waals surface area contributed by atoms with Crippen molar-refractivity contribution in [2.45, 2.75) is 26.3 Å². The molecule has 0 aliphatic rings. The lowest BCUT2D eigenvalue weighted by Gasteiger charge is -2.25. The molecule has 0 fully saturated rings. The van der Waals surface area contributed by atoms with Crippen LogP contribution in [-0.4, -0.2) is 11.5 Å². The molecule has 1 heterocycles. The van der Waals surface area contributed by atoms with Crippen LogP contribution >= 0.6 is 11.6 Å². The number of hydrogen-bond acceptors (Lipinski definition) is 2. The Hall–Kier alpha value is -1.54. The van der Waals surface area contributed by atoms with Crippen molar-refractivity contribution in [2.75, 3.05) is 11.4 Å². The third-order valence-corrected chi connectivity index (χ3v) is 3.47. The van der Waals surface area contributed by atoms with Gasteiger partial charge in [-0.15, -0.1) is 11.6 Å². The Kier molecular flexibility index (Phi) is 4.80. The number of anilines is 1. The van der Waals surface area contributed by atoms with Crippen LogP contribution in [0.4, 0.5) is 5.69 Å². The molecule has 0 atom stereocenters. The van der Waals surface area contributed by atoms with Gasteiger partial charge in [0.05, 0.1) is 12.2 Å². The van der Waals surface area contributed by atoms with E-state index in [2.05, 4.69) is 48.0 Å². The van der Waals surface area contributed by atoms with Crippen molar-refractivity contribution in [3.8, 4) is 0 Å². The van der Waals surface area contributed by atoms with E-state index in [9.17, 15) is 0 Å². The molecule has 0 unspecified atom stereocenters. The van der Waals surface area contributed by atoms with Crippen molar-refractivity contribution >= 4 is 17.3 Å². The van der Waals surface area contributed by atoms with Gasteiger partial charge in [0, 0.05) is 24.3 Å². The normalized spacial score (nSPS) is 10.5. The van der Waals surface area contributed by atoms with E-state index in [0.29, 0.717) is 5.88 Å². The standard InChI is InChI=1S/C16H19ClN2/c1-3-19(12-15-6-4-5-9-18-15)16-8-7-13(2)10-14(16)11-17/h4-10H,3,11-12H2,1-2H3. The zero-order chi connectivity index (χ0) is 13.7. The molecule has 0 aliphatic heterocycles. The summed E-state index contributed by atoms with van der Waals surface area (Å²) >= 11 is 6.07. The molecule has 0 saturated carbocycles. The molecule has 1 aromatic heterocycles. The summed E-state index contributed by atoms with van der Waals surface area (Å²) in [6.07, 6.45) is 1.83. The summed E-state index contributed by atoms with van der Waals surface area (Å²) in [7, 11) is 0. The van der Waals surface area contributed by atoms with E-state index in [1.807, 2.05) is 18.3 Å². The van der Waals surface area contributed by atoms with Crippen molar-refractivity contribution < 1.29 is 0 Å². The van der Waals surface area contributed by atoms with Crippen LogP contribution < -0.4 is 4.90 Å². The van der Waals surface area contributed by atoms with Gasteiger partial charge in [-0.1, -0.05) is 23.8 Å². The number of halogens is 1. The van der Waals surface area contributed by atoms with Gasteiger partial charge in [0.1, 0.15) is 0 Å². The molecule has 2 aromatic rings. The maximum atomic E-state index is 6.07. The number of aromatic nitrogens is 1. The highest BCUT2D eigenvalue weighted by Crippen LogP contribution is 2.24. The number of aryl methyl sites for hydroxylation is 1. The topological polar surface area (TPSA) is 16.1 Å². The van der Waals surface area contributed by atoms with Crippen LogP contribution in [0.1, 0.15) is 23.7 Å². The van der Waals surface area contributed by atoms with Crippen LogP contribution in [0.2, 0.25) is 0 Å². The zero-order valence-corrected chi connectivity index (χ0v) is 12.2. The fourth-order valence-corrected chi connectivity index (χ4v) is 2.40. The molecule has 0 spiro atoms. The minimum Gasteiger partial charge on any atom is -0.366 e. The van der Waals surface area contributed by atoms with Crippen LogP contribution in [0.15, 0.2) is 42.6 Å². The lowest BCUT2D eigenvalue weighted by atomic mass is 10.1. The first-order valence-corrected chi connectivity index (χ1v) is 7.08. The van der Waals surface area contributed by atoms with Crippen molar-refractivity contribution in [2.24, 2.45) is 0 Å². The SMILES string of the molecule is CCN(Cc1ccccn1)c1ccc(C)cc1CCl. The smallest absolute Gasteiger partial charge is 0.0602 e. The molecule has 19 heavy (non-hydrogen) atoms. The van der Waals surface area contributed by atoms with E-state index >= 15 is 0 Å². The Morgan fingerprint density at radius 3 is 2.68 bits per heavy atom. The van der Waals surface area contributed by atoms with Gasteiger partial charge in [-0.05, 0) is 37.6 Å².